The van der Waals surface area contributed by atoms with Gasteiger partial charge >= 0.3 is 5.97 Å². The van der Waals surface area contributed by atoms with E-state index in [2.05, 4.69) is 4.74 Å². The summed E-state index contributed by atoms with van der Waals surface area (Å²) in [6.07, 6.45) is 0.866. The van der Waals surface area contributed by atoms with E-state index in [4.69, 9.17) is 5.73 Å². The molecule has 0 fully saturated rings. The van der Waals surface area contributed by atoms with Gasteiger partial charge < -0.3 is 15.4 Å². The standard InChI is InChI=1S/C14H20N2O3/c1-16(10-6-9-12(17)19-2)14(18)13(15)11-7-4-3-5-8-11/h3-5,7-8,13H,6,9-10,15H2,1-2H3/t13-/m1/s1. The van der Waals surface area contributed by atoms with Gasteiger partial charge in [0.15, 0.2) is 0 Å². The highest BCUT2D eigenvalue weighted by molar-refractivity contribution is 5.82. The van der Waals surface area contributed by atoms with Crippen LogP contribution in [0.2, 0.25) is 0 Å². The summed E-state index contributed by atoms with van der Waals surface area (Å²) in [5.41, 5.74) is 6.70. The molecule has 0 radical (unpaired) electrons. The summed E-state index contributed by atoms with van der Waals surface area (Å²) in [6.45, 7) is 0.481. The minimum Gasteiger partial charge on any atom is -0.469 e. The van der Waals surface area contributed by atoms with Gasteiger partial charge in [-0.3, -0.25) is 9.59 Å². The number of hydrogen-bond donors (Lipinski definition) is 1. The third-order valence-electron chi connectivity index (χ3n) is 2.90. The van der Waals surface area contributed by atoms with E-state index < -0.39 is 6.04 Å². The molecule has 5 heteroatoms. The molecule has 104 valence electrons. The third kappa shape index (κ3) is 4.71. The Bertz CT molecular complexity index is 420. The van der Waals surface area contributed by atoms with Crippen LogP contribution in [-0.2, 0) is 14.3 Å². The van der Waals surface area contributed by atoms with Gasteiger partial charge in [0.1, 0.15) is 6.04 Å². The van der Waals surface area contributed by atoms with Crippen LogP contribution in [-0.4, -0.2) is 37.5 Å². The summed E-state index contributed by atoms with van der Waals surface area (Å²) in [7, 11) is 3.03. The van der Waals surface area contributed by atoms with Crippen molar-refractivity contribution >= 4 is 11.9 Å². The average molecular weight is 264 g/mol. The minimum atomic E-state index is -0.663. The predicted octanol–water partition coefficient (Wildman–Crippen LogP) is 1.10. The van der Waals surface area contributed by atoms with Crippen LogP contribution < -0.4 is 5.73 Å². The summed E-state index contributed by atoms with van der Waals surface area (Å²) >= 11 is 0. The molecule has 0 spiro atoms. The molecule has 19 heavy (non-hydrogen) atoms. The quantitative estimate of drug-likeness (QED) is 0.781. The molecule has 1 aromatic carbocycles. The molecule has 0 saturated carbocycles. The Morgan fingerprint density at radius 1 is 1.32 bits per heavy atom. The molecular weight excluding hydrogens is 244 g/mol. The number of amides is 1. The molecule has 0 unspecified atom stereocenters. The third-order valence-corrected chi connectivity index (χ3v) is 2.90. The first-order valence-corrected chi connectivity index (χ1v) is 6.18. The summed E-state index contributed by atoms with van der Waals surface area (Å²) in [6, 6.07) is 8.56. The largest absolute Gasteiger partial charge is 0.469 e. The second-order valence-electron chi connectivity index (χ2n) is 4.33. The molecule has 0 bridgehead atoms. The summed E-state index contributed by atoms with van der Waals surface area (Å²) in [5.74, 6) is -0.427. The van der Waals surface area contributed by atoms with Gasteiger partial charge in [0.2, 0.25) is 5.91 Å². The van der Waals surface area contributed by atoms with Gasteiger partial charge in [-0.15, -0.1) is 0 Å². The SMILES string of the molecule is COC(=O)CCCN(C)C(=O)[C@H](N)c1ccccc1. The fourth-order valence-corrected chi connectivity index (χ4v) is 1.71. The van der Waals surface area contributed by atoms with Crippen LogP contribution in [0.25, 0.3) is 0 Å². The first-order chi connectivity index (χ1) is 9.06. The molecule has 0 heterocycles. The number of nitrogens with two attached hydrogens (primary N) is 1. The zero-order valence-electron chi connectivity index (χ0n) is 11.3. The van der Waals surface area contributed by atoms with Crippen molar-refractivity contribution in [1.82, 2.24) is 4.90 Å². The minimum absolute atomic E-state index is 0.156. The highest BCUT2D eigenvalue weighted by atomic mass is 16.5. The smallest absolute Gasteiger partial charge is 0.305 e. The lowest BCUT2D eigenvalue weighted by Gasteiger charge is -2.21. The van der Waals surface area contributed by atoms with E-state index >= 15 is 0 Å². The van der Waals surface area contributed by atoms with Gasteiger partial charge in [0.05, 0.1) is 7.11 Å². The Hall–Kier alpha value is -1.88. The van der Waals surface area contributed by atoms with Gasteiger partial charge in [0.25, 0.3) is 0 Å². The van der Waals surface area contributed by atoms with Crippen molar-refractivity contribution in [3.8, 4) is 0 Å². The van der Waals surface area contributed by atoms with E-state index in [1.807, 2.05) is 30.3 Å². The number of carbonyl (C=O) groups excluding carboxylic acids is 2. The number of benzene rings is 1. The fourth-order valence-electron chi connectivity index (χ4n) is 1.71. The maximum Gasteiger partial charge on any atom is 0.305 e. The van der Waals surface area contributed by atoms with Crippen molar-refractivity contribution in [2.75, 3.05) is 20.7 Å². The van der Waals surface area contributed by atoms with Gasteiger partial charge in [-0.05, 0) is 12.0 Å². The molecule has 1 amide bonds. The van der Waals surface area contributed by atoms with E-state index in [-0.39, 0.29) is 11.9 Å². The molecular formula is C14H20N2O3. The van der Waals surface area contributed by atoms with Crippen molar-refractivity contribution < 1.29 is 14.3 Å². The predicted molar refractivity (Wildman–Crippen MR) is 72.3 cm³/mol. The molecule has 0 aliphatic heterocycles. The average Bonchev–Trinajstić information content (AvgIpc) is 2.46. The van der Waals surface area contributed by atoms with Crippen LogP contribution in [0.15, 0.2) is 30.3 Å². The molecule has 1 atom stereocenters. The Morgan fingerprint density at radius 3 is 2.53 bits per heavy atom. The fraction of sp³-hybridized carbons (Fsp3) is 0.429. The van der Waals surface area contributed by atoms with Crippen molar-refractivity contribution in [3.05, 3.63) is 35.9 Å². The molecule has 0 aromatic heterocycles. The number of rotatable bonds is 6. The zero-order chi connectivity index (χ0) is 14.3. The van der Waals surface area contributed by atoms with Crippen LogP contribution in [0.5, 0.6) is 0 Å². The molecule has 1 rings (SSSR count). The molecule has 0 aliphatic carbocycles. The Kier molecular flexibility index (Phi) is 6.02. The number of likely N-dealkylation sites (N-methyl/N-ethyl adjacent to an activating group) is 1. The number of ether oxygens (including phenoxy) is 1. The first kappa shape index (κ1) is 15.2. The molecule has 1 aromatic rings. The van der Waals surface area contributed by atoms with Gasteiger partial charge in [0, 0.05) is 20.0 Å². The maximum atomic E-state index is 12.1. The van der Waals surface area contributed by atoms with E-state index in [0.717, 1.165) is 5.56 Å². The number of nitrogens with zero attached hydrogens (tertiary/aromatic N) is 1. The molecule has 0 saturated heterocycles. The second kappa shape index (κ2) is 7.53. The number of hydrogen-bond acceptors (Lipinski definition) is 4. The van der Waals surface area contributed by atoms with Gasteiger partial charge in [-0.25, -0.2) is 0 Å². The van der Waals surface area contributed by atoms with Gasteiger partial charge in [-0.1, -0.05) is 30.3 Å². The summed E-state index contributed by atoms with van der Waals surface area (Å²) in [4.78, 5) is 24.6. The normalized spacial score (nSPS) is 11.7. The van der Waals surface area contributed by atoms with Crippen molar-refractivity contribution in [3.63, 3.8) is 0 Å². The van der Waals surface area contributed by atoms with Gasteiger partial charge in [-0.2, -0.15) is 0 Å². The topological polar surface area (TPSA) is 72.6 Å². The Labute approximate surface area is 113 Å². The van der Waals surface area contributed by atoms with Crippen LogP contribution in [0.3, 0.4) is 0 Å². The molecule has 0 aliphatic rings. The maximum absolute atomic E-state index is 12.1. The second-order valence-corrected chi connectivity index (χ2v) is 4.33. The zero-order valence-corrected chi connectivity index (χ0v) is 11.3. The lowest BCUT2D eigenvalue weighted by atomic mass is 10.1. The van der Waals surface area contributed by atoms with Crippen molar-refractivity contribution in [2.45, 2.75) is 18.9 Å². The number of esters is 1. The van der Waals surface area contributed by atoms with Crippen LogP contribution >= 0.6 is 0 Å². The Balaban J connectivity index is 2.46. The highest BCUT2D eigenvalue weighted by Crippen LogP contribution is 2.12. The summed E-state index contributed by atoms with van der Waals surface area (Å²) < 4.78 is 4.54. The monoisotopic (exact) mass is 264 g/mol. The van der Waals surface area contributed by atoms with Crippen LogP contribution in [0, 0.1) is 0 Å². The number of methoxy groups -OCH3 is 1. The highest BCUT2D eigenvalue weighted by Gasteiger charge is 2.19. The van der Waals surface area contributed by atoms with E-state index in [9.17, 15) is 9.59 Å². The van der Waals surface area contributed by atoms with E-state index in [0.29, 0.717) is 19.4 Å². The van der Waals surface area contributed by atoms with E-state index in [1.165, 1.54) is 7.11 Å². The lowest BCUT2D eigenvalue weighted by Crippen LogP contribution is -2.36. The van der Waals surface area contributed by atoms with Crippen molar-refractivity contribution in [1.29, 1.82) is 0 Å². The molecule has 5 nitrogen and oxygen atoms in total. The Morgan fingerprint density at radius 2 is 1.95 bits per heavy atom. The van der Waals surface area contributed by atoms with Crippen molar-refractivity contribution in [2.24, 2.45) is 5.73 Å². The van der Waals surface area contributed by atoms with Crippen LogP contribution in [0.4, 0.5) is 0 Å². The van der Waals surface area contributed by atoms with E-state index in [1.54, 1.807) is 11.9 Å². The summed E-state index contributed by atoms with van der Waals surface area (Å²) in [5, 5.41) is 0. The number of carbonyl (C=O) groups is 2. The molecule has 2 N–H and O–H groups in total. The first-order valence-electron chi connectivity index (χ1n) is 6.18. The van der Waals surface area contributed by atoms with Crippen LogP contribution in [0.1, 0.15) is 24.4 Å². The lowest BCUT2D eigenvalue weighted by molar-refractivity contribution is -0.141.